The molecule has 0 unspecified atom stereocenters. The third-order valence-corrected chi connectivity index (χ3v) is 4.50. The average Bonchev–Trinajstić information content (AvgIpc) is 2.60. The minimum absolute atomic E-state index is 0.103. The Morgan fingerprint density at radius 1 is 1.16 bits per heavy atom. The maximum absolute atomic E-state index is 12.4. The standard InChI is InChI=1S/C20H20O4S/c1-14-3-5-15(6-4-14)7-9-18(21)16-8-10-19(24-2)17(11-16)12-25-13-20(22)23/h3-11H,12-13H2,1-2H3,(H,22,23)/p-1/b9-7+. The SMILES string of the molecule is COc1ccc(C(=O)/C=C/c2ccc(C)cc2)cc1CSCC(=O)[O-]. The lowest BCUT2D eigenvalue weighted by molar-refractivity contribution is -0.301. The van der Waals surface area contributed by atoms with Gasteiger partial charge >= 0.3 is 0 Å². The van der Waals surface area contributed by atoms with Gasteiger partial charge in [-0.1, -0.05) is 35.9 Å². The van der Waals surface area contributed by atoms with E-state index in [9.17, 15) is 14.7 Å². The fourth-order valence-corrected chi connectivity index (χ4v) is 2.95. The molecule has 2 aromatic rings. The van der Waals surface area contributed by atoms with Crippen LogP contribution in [0.25, 0.3) is 6.08 Å². The second kappa shape index (κ2) is 9.08. The molecule has 0 N–H and O–H groups in total. The molecule has 0 saturated carbocycles. The first-order valence-corrected chi connectivity index (χ1v) is 8.88. The number of aryl methyl sites for hydroxylation is 1. The summed E-state index contributed by atoms with van der Waals surface area (Å²) >= 11 is 1.20. The normalized spacial score (nSPS) is 10.8. The summed E-state index contributed by atoms with van der Waals surface area (Å²) in [5.41, 5.74) is 3.44. The number of ketones is 1. The molecule has 0 heterocycles. The molecule has 0 aliphatic carbocycles. The van der Waals surface area contributed by atoms with Gasteiger partial charge in [0.05, 0.1) is 13.1 Å². The highest BCUT2D eigenvalue weighted by atomic mass is 32.2. The number of carboxylic acid groups (broad SMARTS) is 1. The average molecular weight is 355 g/mol. The van der Waals surface area contributed by atoms with Crippen LogP contribution in [0, 0.1) is 6.92 Å². The highest BCUT2D eigenvalue weighted by Gasteiger charge is 2.09. The fourth-order valence-electron chi connectivity index (χ4n) is 2.23. The quantitative estimate of drug-likeness (QED) is 0.538. The number of aliphatic carboxylic acids is 1. The van der Waals surface area contributed by atoms with E-state index in [2.05, 4.69) is 0 Å². The highest BCUT2D eigenvalue weighted by Crippen LogP contribution is 2.25. The van der Waals surface area contributed by atoms with E-state index in [0.29, 0.717) is 17.1 Å². The molecular formula is C20H19O4S-. The Kier molecular flexibility index (Phi) is 6.83. The van der Waals surface area contributed by atoms with Crippen LogP contribution >= 0.6 is 11.8 Å². The predicted molar refractivity (Wildman–Crippen MR) is 98.7 cm³/mol. The Morgan fingerprint density at radius 2 is 1.88 bits per heavy atom. The predicted octanol–water partition coefficient (Wildman–Crippen LogP) is 2.88. The third kappa shape index (κ3) is 5.80. The minimum Gasteiger partial charge on any atom is -0.549 e. The highest BCUT2D eigenvalue weighted by molar-refractivity contribution is 7.99. The summed E-state index contributed by atoms with van der Waals surface area (Å²) in [6.45, 7) is 2.01. The van der Waals surface area contributed by atoms with Crippen molar-refractivity contribution >= 4 is 29.6 Å². The van der Waals surface area contributed by atoms with Crippen molar-refractivity contribution in [2.24, 2.45) is 0 Å². The van der Waals surface area contributed by atoms with Gasteiger partial charge in [0.15, 0.2) is 5.78 Å². The maximum Gasteiger partial charge on any atom is 0.185 e. The van der Waals surface area contributed by atoms with Crippen molar-refractivity contribution in [2.45, 2.75) is 12.7 Å². The molecule has 130 valence electrons. The van der Waals surface area contributed by atoms with Gasteiger partial charge in [-0.15, -0.1) is 0 Å². The molecule has 0 saturated heterocycles. The molecule has 4 nitrogen and oxygen atoms in total. The second-order valence-corrected chi connectivity index (χ2v) is 6.49. The van der Waals surface area contributed by atoms with Crippen LogP contribution < -0.4 is 9.84 Å². The van der Waals surface area contributed by atoms with Crippen LogP contribution in [-0.4, -0.2) is 24.6 Å². The van der Waals surface area contributed by atoms with E-state index in [1.165, 1.54) is 17.8 Å². The second-order valence-electron chi connectivity index (χ2n) is 5.50. The number of carboxylic acids is 1. The first-order valence-electron chi connectivity index (χ1n) is 7.73. The van der Waals surface area contributed by atoms with E-state index >= 15 is 0 Å². The smallest absolute Gasteiger partial charge is 0.185 e. The Labute approximate surface area is 151 Å². The Balaban J connectivity index is 2.13. The first kappa shape index (κ1) is 18.8. The Bertz CT molecular complexity index is 779. The van der Waals surface area contributed by atoms with Crippen molar-refractivity contribution in [3.63, 3.8) is 0 Å². The summed E-state index contributed by atoms with van der Waals surface area (Å²) in [5.74, 6) is -0.272. The Hall–Kier alpha value is -2.53. The van der Waals surface area contributed by atoms with Crippen LogP contribution in [0.4, 0.5) is 0 Å². The molecule has 0 fully saturated rings. The number of carbonyl (C=O) groups excluding carboxylic acids is 2. The number of rotatable bonds is 8. The summed E-state index contributed by atoms with van der Waals surface area (Å²) in [7, 11) is 1.54. The van der Waals surface area contributed by atoms with Gasteiger partial charge in [-0.05, 0) is 36.8 Å². The minimum atomic E-state index is -1.11. The number of ether oxygens (including phenoxy) is 1. The summed E-state index contributed by atoms with van der Waals surface area (Å²) in [4.78, 5) is 22.9. The lowest BCUT2D eigenvalue weighted by Gasteiger charge is -2.10. The third-order valence-electron chi connectivity index (χ3n) is 3.55. The van der Waals surface area contributed by atoms with Gasteiger partial charge in [0, 0.05) is 22.6 Å². The zero-order chi connectivity index (χ0) is 18.2. The van der Waals surface area contributed by atoms with Crippen molar-refractivity contribution in [1.82, 2.24) is 0 Å². The fraction of sp³-hybridized carbons (Fsp3) is 0.200. The van der Waals surface area contributed by atoms with Crippen LogP contribution in [0.15, 0.2) is 48.5 Å². The van der Waals surface area contributed by atoms with Crippen LogP contribution in [0.1, 0.15) is 27.0 Å². The zero-order valence-corrected chi connectivity index (χ0v) is 15.0. The first-order chi connectivity index (χ1) is 12.0. The van der Waals surface area contributed by atoms with E-state index in [-0.39, 0.29) is 11.5 Å². The van der Waals surface area contributed by atoms with Crippen molar-refractivity contribution < 1.29 is 19.4 Å². The molecule has 2 rings (SSSR count). The zero-order valence-electron chi connectivity index (χ0n) is 14.2. The van der Waals surface area contributed by atoms with Crippen molar-refractivity contribution in [3.05, 3.63) is 70.8 Å². The molecule has 0 bridgehead atoms. The van der Waals surface area contributed by atoms with E-state index in [0.717, 1.165) is 16.7 Å². The molecule has 5 heteroatoms. The molecule has 2 aromatic carbocycles. The molecule has 0 aromatic heterocycles. The van der Waals surface area contributed by atoms with Gasteiger partial charge < -0.3 is 14.6 Å². The number of methoxy groups -OCH3 is 1. The molecule has 0 radical (unpaired) electrons. The molecule has 0 spiro atoms. The summed E-state index contributed by atoms with van der Waals surface area (Å²) in [6, 6.07) is 13.1. The van der Waals surface area contributed by atoms with Crippen molar-refractivity contribution in [1.29, 1.82) is 0 Å². The van der Waals surface area contributed by atoms with Crippen molar-refractivity contribution in [2.75, 3.05) is 12.9 Å². The number of allylic oxidation sites excluding steroid dienone is 1. The van der Waals surface area contributed by atoms with Crippen LogP contribution in [0.5, 0.6) is 5.75 Å². The molecule has 0 amide bonds. The summed E-state index contributed by atoms with van der Waals surface area (Å²) < 4.78 is 5.27. The van der Waals surface area contributed by atoms with Gasteiger partial charge in [-0.2, -0.15) is 11.8 Å². The number of thioether (sulfide) groups is 1. The van der Waals surface area contributed by atoms with E-state index in [4.69, 9.17) is 4.74 Å². The molecule has 0 atom stereocenters. The molecule has 0 aliphatic rings. The molecular weight excluding hydrogens is 336 g/mol. The largest absolute Gasteiger partial charge is 0.549 e. The number of hydrogen-bond donors (Lipinski definition) is 0. The van der Waals surface area contributed by atoms with E-state index in [1.54, 1.807) is 31.4 Å². The van der Waals surface area contributed by atoms with Gasteiger partial charge in [0.2, 0.25) is 0 Å². The van der Waals surface area contributed by atoms with Gasteiger partial charge in [0.25, 0.3) is 0 Å². The number of hydrogen-bond acceptors (Lipinski definition) is 5. The van der Waals surface area contributed by atoms with Crippen molar-refractivity contribution in [3.8, 4) is 5.75 Å². The lowest BCUT2D eigenvalue weighted by Crippen LogP contribution is -2.24. The van der Waals surface area contributed by atoms with E-state index in [1.807, 2.05) is 31.2 Å². The summed E-state index contributed by atoms with van der Waals surface area (Å²) in [5, 5.41) is 10.5. The summed E-state index contributed by atoms with van der Waals surface area (Å²) in [6.07, 6.45) is 3.31. The molecule has 0 aliphatic heterocycles. The van der Waals surface area contributed by atoms with Gasteiger partial charge in [0.1, 0.15) is 5.75 Å². The maximum atomic E-state index is 12.4. The van der Waals surface area contributed by atoms with Gasteiger partial charge in [-0.3, -0.25) is 4.79 Å². The van der Waals surface area contributed by atoms with Crippen LogP contribution in [0.2, 0.25) is 0 Å². The number of carbonyl (C=O) groups is 2. The number of benzene rings is 2. The Morgan fingerprint density at radius 3 is 2.52 bits per heavy atom. The monoisotopic (exact) mass is 355 g/mol. The van der Waals surface area contributed by atoms with Crippen LogP contribution in [-0.2, 0) is 10.5 Å². The topological polar surface area (TPSA) is 66.4 Å². The van der Waals surface area contributed by atoms with E-state index < -0.39 is 5.97 Å². The lowest BCUT2D eigenvalue weighted by atomic mass is 10.1. The van der Waals surface area contributed by atoms with Crippen LogP contribution in [0.3, 0.4) is 0 Å². The molecule has 25 heavy (non-hydrogen) atoms. The van der Waals surface area contributed by atoms with Gasteiger partial charge in [-0.25, -0.2) is 0 Å².